The van der Waals surface area contributed by atoms with Gasteiger partial charge < -0.3 is 14.8 Å². The molecule has 0 amide bonds. The molecule has 17 heavy (non-hydrogen) atoms. The Labute approximate surface area is 104 Å². The molecule has 2 rings (SSSR count). The summed E-state index contributed by atoms with van der Waals surface area (Å²) in [6.07, 6.45) is 0. The average molecular weight is 253 g/mol. The fourth-order valence-electron chi connectivity index (χ4n) is 1.46. The van der Waals surface area contributed by atoms with Crippen molar-refractivity contribution < 1.29 is 9.47 Å². The van der Waals surface area contributed by atoms with Crippen LogP contribution in [0.3, 0.4) is 0 Å². The first kappa shape index (κ1) is 12.1. The first-order valence-electron chi connectivity index (χ1n) is 5.32. The van der Waals surface area contributed by atoms with Crippen LogP contribution in [0.2, 0.25) is 0 Å². The molecular weight excluding hydrogens is 238 g/mol. The molecular formula is C11H15N3O2S. The fourth-order valence-corrected chi connectivity index (χ4v) is 2.33. The minimum Gasteiger partial charge on any atom is -0.475 e. The van der Waals surface area contributed by atoms with E-state index in [4.69, 9.17) is 9.47 Å². The molecule has 0 aliphatic carbocycles. The van der Waals surface area contributed by atoms with Crippen LogP contribution in [0.4, 0.5) is 5.95 Å². The number of ether oxygens (including phenoxy) is 2. The Morgan fingerprint density at radius 1 is 1.35 bits per heavy atom. The van der Waals surface area contributed by atoms with Crippen molar-refractivity contribution in [3.63, 3.8) is 0 Å². The smallest absolute Gasteiger partial charge is 0.227 e. The predicted molar refractivity (Wildman–Crippen MR) is 69.1 cm³/mol. The number of thiophene rings is 1. The summed E-state index contributed by atoms with van der Waals surface area (Å²) >= 11 is 1.63. The van der Waals surface area contributed by atoms with E-state index in [1.807, 2.05) is 13.0 Å². The highest BCUT2D eigenvalue weighted by atomic mass is 32.1. The van der Waals surface area contributed by atoms with Crippen LogP contribution in [0, 0.1) is 6.92 Å². The maximum atomic E-state index is 5.61. The van der Waals surface area contributed by atoms with E-state index in [1.54, 1.807) is 25.5 Å². The van der Waals surface area contributed by atoms with Gasteiger partial charge in [-0.15, -0.1) is 11.3 Å². The number of rotatable bonds is 5. The van der Waals surface area contributed by atoms with Gasteiger partial charge in [-0.2, -0.15) is 4.98 Å². The van der Waals surface area contributed by atoms with Crippen LogP contribution in [0.15, 0.2) is 6.07 Å². The van der Waals surface area contributed by atoms with E-state index in [2.05, 4.69) is 15.3 Å². The lowest BCUT2D eigenvalue weighted by atomic mass is 10.3. The second kappa shape index (κ2) is 5.29. The van der Waals surface area contributed by atoms with Gasteiger partial charge in [0.25, 0.3) is 0 Å². The van der Waals surface area contributed by atoms with Crippen molar-refractivity contribution in [2.24, 2.45) is 0 Å². The number of methoxy groups -OCH3 is 1. The summed E-state index contributed by atoms with van der Waals surface area (Å²) in [6.45, 7) is 3.08. The Morgan fingerprint density at radius 2 is 2.18 bits per heavy atom. The number of hydrogen-bond donors (Lipinski definition) is 1. The van der Waals surface area contributed by atoms with E-state index < -0.39 is 0 Å². The van der Waals surface area contributed by atoms with Crippen LogP contribution >= 0.6 is 11.3 Å². The third kappa shape index (κ3) is 2.65. The zero-order valence-electron chi connectivity index (χ0n) is 10.1. The molecule has 2 aromatic rings. The molecule has 1 N–H and O–H groups in total. The molecule has 6 heteroatoms. The Hall–Kier alpha value is -1.40. The van der Waals surface area contributed by atoms with Gasteiger partial charge in [0.15, 0.2) is 0 Å². The van der Waals surface area contributed by atoms with Crippen molar-refractivity contribution in [1.82, 2.24) is 9.97 Å². The largest absolute Gasteiger partial charge is 0.475 e. The SMILES string of the molecule is CNc1nc(OCCOC)c2cc(C)sc2n1. The lowest BCUT2D eigenvalue weighted by molar-refractivity contribution is 0.144. The lowest BCUT2D eigenvalue weighted by Gasteiger charge is -2.07. The number of fused-ring (bicyclic) bond motifs is 1. The van der Waals surface area contributed by atoms with E-state index in [1.165, 1.54) is 4.88 Å². The van der Waals surface area contributed by atoms with Crippen LogP contribution in [-0.2, 0) is 4.74 Å². The van der Waals surface area contributed by atoms with E-state index in [9.17, 15) is 0 Å². The van der Waals surface area contributed by atoms with Gasteiger partial charge in [-0.1, -0.05) is 0 Å². The second-order valence-corrected chi connectivity index (χ2v) is 4.75. The predicted octanol–water partition coefficient (Wildman–Crippen LogP) is 2.07. The summed E-state index contributed by atoms with van der Waals surface area (Å²) in [7, 11) is 3.44. The molecule has 0 unspecified atom stereocenters. The van der Waals surface area contributed by atoms with Gasteiger partial charge >= 0.3 is 0 Å². The van der Waals surface area contributed by atoms with E-state index in [-0.39, 0.29) is 0 Å². The van der Waals surface area contributed by atoms with Gasteiger partial charge in [0.1, 0.15) is 11.4 Å². The minimum atomic E-state index is 0.487. The van der Waals surface area contributed by atoms with Crippen molar-refractivity contribution >= 4 is 27.5 Å². The number of anilines is 1. The number of nitrogens with one attached hydrogen (secondary N) is 1. The zero-order valence-corrected chi connectivity index (χ0v) is 10.9. The highest BCUT2D eigenvalue weighted by Gasteiger charge is 2.10. The monoisotopic (exact) mass is 253 g/mol. The highest BCUT2D eigenvalue weighted by Crippen LogP contribution is 2.30. The Bertz CT molecular complexity index is 513. The molecule has 0 saturated heterocycles. The molecule has 92 valence electrons. The number of aromatic nitrogens is 2. The van der Waals surface area contributed by atoms with Crippen molar-refractivity contribution in [2.45, 2.75) is 6.92 Å². The van der Waals surface area contributed by atoms with Crippen LogP contribution in [0.25, 0.3) is 10.2 Å². The molecule has 0 aliphatic rings. The van der Waals surface area contributed by atoms with Crippen LogP contribution < -0.4 is 10.1 Å². The summed E-state index contributed by atoms with van der Waals surface area (Å²) in [4.78, 5) is 10.8. The average Bonchev–Trinajstić information content (AvgIpc) is 2.69. The number of aryl methyl sites for hydroxylation is 1. The minimum absolute atomic E-state index is 0.487. The molecule has 0 atom stereocenters. The van der Waals surface area contributed by atoms with Crippen molar-refractivity contribution in [3.8, 4) is 5.88 Å². The summed E-state index contributed by atoms with van der Waals surface area (Å²) in [6, 6.07) is 2.04. The lowest BCUT2D eigenvalue weighted by Crippen LogP contribution is -2.07. The van der Waals surface area contributed by atoms with Crippen molar-refractivity contribution in [3.05, 3.63) is 10.9 Å². The molecule has 0 saturated carbocycles. The van der Waals surface area contributed by atoms with E-state index >= 15 is 0 Å². The fraction of sp³-hybridized carbons (Fsp3) is 0.455. The molecule has 0 radical (unpaired) electrons. The molecule has 5 nitrogen and oxygen atoms in total. The number of hydrogen-bond acceptors (Lipinski definition) is 6. The maximum Gasteiger partial charge on any atom is 0.227 e. The second-order valence-electron chi connectivity index (χ2n) is 3.52. The van der Waals surface area contributed by atoms with Gasteiger partial charge in [0.05, 0.1) is 12.0 Å². The summed E-state index contributed by atoms with van der Waals surface area (Å²) in [5.41, 5.74) is 0. The molecule has 0 bridgehead atoms. The number of nitrogens with zero attached hydrogens (tertiary/aromatic N) is 2. The summed E-state index contributed by atoms with van der Waals surface area (Å²) in [5.74, 6) is 1.19. The first-order chi connectivity index (χ1) is 8.24. The van der Waals surface area contributed by atoms with Crippen molar-refractivity contribution in [2.75, 3.05) is 32.7 Å². The Morgan fingerprint density at radius 3 is 2.88 bits per heavy atom. The third-order valence-electron chi connectivity index (χ3n) is 2.23. The molecule has 0 spiro atoms. The van der Waals surface area contributed by atoms with Gasteiger partial charge in [-0.05, 0) is 13.0 Å². The zero-order chi connectivity index (χ0) is 12.3. The third-order valence-corrected chi connectivity index (χ3v) is 3.18. The van der Waals surface area contributed by atoms with Gasteiger partial charge in [0, 0.05) is 19.0 Å². The normalized spacial score (nSPS) is 10.8. The van der Waals surface area contributed by atoms with Gasteiger partial charge in [-0.3, -0.25) is 0 Å². The Balaban J connectivity index is 2.36. The molecule has 2 aromatic heterocycles. The van der Waals surface area contributed by atoms with Crippen molar-refractivity contribution in [1.29, 1.82) is 0 Å². The Kier molecular flexibility index (Phi) is 3.75. The molecule has 2 heterocycles. The molecule has 0 fully saturated rings. The van der Waals surface area contributed by atoms with E-state index in [0.29, 0.717) is 25.0 Å². The van der Waals surface area contributed by atoms with Gasteiger partial charge in [0.2, 0.25) is 11.8 Å². The summed E-state index contributed by atoms with van der Waals surface area (Å²) < 4.78 is 10.6. The van der Waals surface area contributed by atoms with Crippen LogP contribution in [0.5, 0.6) is 5.88 Å². The summed E-state index contributed by atoms with van der Waals surface area (Å²) in [5, 5.41) is 3.89. The van der Waals surface area contributed by atoms with Gasteiger partial charge in [-0.25, -0.2) is 4.98 Å². The van der Waals surface area contributed by atoms with E-state index in [0.717, 1.165) is 10.2 Å². The van der Waals surface area contributed by atoms with Crippen LogP contribution in [-0.4, -0.2) is 37.3 Å². The maximum absolute atomic E-state index is 5.61. The van der Waals surface area contributed by atoms with Crippen LogP contribution in [0.1, 0.15) is 4.88 Å². The standard InChI is InChI=1S/C11H15N3O2S/c1-7-6-8-9(16-5-4-15-3)13-11(12-2)14-10(8)17-7/h6H,4-5H2,1-3H3,(H,12,13,14). The topological polar surface area (TPSA) is 56.3 Å². The quantitative estimate of drug-likeness (QED) is 0.827. The molecule has 0 aromatic carbocycles. The highest BCUT2D eigenvalue weighted by molar-refractivity contribution is 7.18. The first-order valence-corrected chi connectivity index (χ1v) is 6.14. The molecule has 0 aliphatic heterocycles.